The Morgan fingerprint density at radius 2 is 1.95 bits per heavy atom. The highest BCUT2D eigenvalue weighted by Crippen LogP contribution is 2.24. The summed E-state index contributed by atoms with van der Waals surface area (Å²) < 4.78 is 18.2. The molecule has 2 amide bonds. The molecule has 4 nitrogen and oxygen atoms in total. The molecule has 0 bridgehead atoms. The summed E-state index contributed by atoms with van der Waals surface area (Å²) in [4.78, 5) is 14.1. The zero-order chi connectivity index (χ0) is 15.9. The molecule has 22 heavy (non-hydrogen) atoms. The number of hydrogen-bond acceptors (Lipinski definition) is 3. The largest absolute Gasteiger partial charge is 0.374 e. The second-order valence-electron chi connectivity index (χ2n) is 4.86. The Morgan fingerprint density at radius 3 is 2.55 bits per heavy atom. The van der Waals surface area contributed by atoms with Crippen LogP contribution < -0.4 is 10.6 Å². The van der Waals surface area contributed by atoms with Crippen molar-refractivity contribution >= 4 is 17.4 Å². The SMILES string of the molecule is COC(CNC(=O)NCc1ccc(F)cc1)c1ccc(C)s1. The van der Waals surface area contributed by atoms with E-state index in [1.807, 2.05) is 19.1 Å². The van der Waals surface area contributed by atoms with Crippen molar-refractivity contribution in [3.8, 4) is 0 Å². The zero-order valence-corrected chi connectivity index (χ0v) is 13.4. The van der Waals surface area contributed by atoms with Gasteiger partial charge in [-0.15, -0.1) is 11.3 Å². The van der Waals surface area contributed by atoms with Crippen molar-refractivity contribution in [1.82, 2.24) is 10.6 Å². The standard InChI is InChI=1S/C16H19FN2O2S/c1-11-3-8-15(22-11)14(21-2)10-19-16(20)18-9-12-4-6-13(17)7-5-12/h3-8,14H,9-10H2,1-2H3,(H2,18,19,20). The lowest BCUT2D eigenvalue weighted by atomic mass is 10.2. The molecule has 1 aromatic heterocycles. The van der Waals surface area contributed by atoms with E-state index in [1.165, 1.54) is 17.0 Å². The van der Waals surface area contributed by atoms with Gasteiger partial charge in [-0.1, -0.05) is 12.1 Å². The van der Waals surface area contributed by atoms with E-state index in [4.69, 9.17) is 4.74 Å². The number of carbonyl (C=O) groups is 1. The molecular weight excluding hydrogens is 303 g/mol. The number of aryl methyl sites for hydroxylation is 1. The molecule has 1 aromatic carbocycles. The van der Waals surface area contributed by atoms with Crippen LogP contribution in [0.15, 0.2) is 36.4 Å². The van der Waals surface area contributed by atoms with Gasteiger partial charge in [0.2, 0.25) is 0 Å². The summed E-state index contributed by atoms with van der Waals surface area (Å²) in [6.45, 7) is 2.78. The van der Waals surface area contributed by atoms with E-state index in [2.05, 4.69) is 10.6 Å². The Bertz CT molecular complexity index is 613. The molecular formula is C16H19FN2O2S. The quantitative estimate of drug-likeness (QED) is 0.856. The number of ether oxygens (including phenoxy) is 1. The van der Waals surface area contributed by atoms with Crippen molar-refractivity contribution < 1.29 is 13.9 Å². The Kier molecular flexibility index (Phi) is 5.91. The van der Waals surface area contributed by atoms with Crippen LogP contribution in [0.5, 0.6) is 0 Å². The maximum Gasteiger partial charge on any atom is 0.315 e. The predicted octanol–water partition coefficient (Wildman–Crippen LogP) is 3.38. The van der Waals surface area contributed by atoms with Gasteiger partial charge in [0.25, 0.3) is 0 Å². The number of methoxy groups -OCH3 is 1. The van der Waals surface area contributed by atoms with Crippen LogP contribution in [0.2, 0.25) is 0 Å². The van der Waals surface area contributed by atoms with E-state index in [0.29, 0.717) is 13.1 Å². The van der Waals surface area contributed by atoms with E-state index in [1.54, 1.807) is 30.6 Å². The molecule has 0 saturated heterocycles. The lowest BCUT2D eigenvalue weighted by Crippen LogP contribution is -2.37. The normalized spacial score (nSPS) is 12.0. The van der Waals surface area contributed by atoms with Crippen molar-refractivity contribution in [3.05, 3.63) is 57.5 Å². The summed E-state index contributed by atoms with van der Waals surface area (Å²) in [5.74, 6) is -0.289. The van der Waals surface area contributed by atoms with Gasteiger partial charge in [-0.3, -0.25) is 0 Å². The van der Waals surface area contributed by atoms with E-state index in [9.17, 15) is 9.18 Å². The van der Waals surface area contributed by atoms with E-state index in [-0.39, 0.29) is 18.0 Å². The molecule has 0 spiro atoms. The van der Waals surface area contributed by atoms with Crippen LogP contribution in [0.3, 0.4) is 0 Å². The van der Waals surface area contributed by atoms with Crippen LogP contribution in [-0.2, 0) is 11.3 Å². The second kappa shape index (κ2) is 7.91. The third-order valence-electron chi connectivity index (χ3n) is 3.18. The van der Waals surface area contributed by atoms with Gasteiger partial charge >= 0.3 is 6.03 Å². The molecule has 0 fully saturated rings. The van der Waals surface area contributed by atoms with Gasteiger partial charge < -0.3 is 15.4 Å². The second-order valence-corrected chi connectivity index (χ2v) is 6.18. The van der Waals surface area contributed by atoms with Crippen molar-refractivity contribution in [1.29, 1.82) is 0 Å². The first-order valence-corrected chi connectivity index (χ1v) is 7.75. The van der Waals surface area contributed by atoms with E-state index >= 15 is 0 Å². The summed E-state index contributed by atoms with van der Waals surface area (Å²) >= 11 is 1.65. The van der Waals surface area contributed by atoms with Crippen molar-refractivity contribution in [2.45, 2.75) is 19.6 Å². The van der Waals surface area contributed by atoms with Crippen LogP contribution in [0.1, 0.15) is 21.4 Å². The van der Waals surface area contributed by atoms with Crippen LogP contribution >= 0.6 is 11.3 Å². The molecule has 2 N–H and O–H groups in total. The maximum absolute atomic E-state index is 12.8. The Balaban J connectivity index is 1.78. The summed E-state index contributed by atoms with van der Waals surface area (Å²) in [6.07, 6.45) is -0.157. The van der Waals surface area contributed by atoms with Crippen molar-refractivity contribution in [3.63, 3.8) is 0 Å². The van der Waals surface area contributed by atoms with Gasteiger partial charge in [0, 0.05) is 23.4 Å². The topological polar surface area (TPSA) is 50.4 Å². The number of rotatable bonds is 6. The lowest BCUT2D eigenvalue weighted by molar-refractivity contribution is 0.107. The Labute approximate surface area is 133 Å². The number of carbonyl (C=O) groups excluding carboxylic acids is 1. The molecule has 0 aliphatic heterocycles. The fourth-order valence-electron chi connectivity index (χ4n) is 1.96. The molecule has 1 heterocycles. The minimum absolute atomic E-state index is 0.157. The Morgan fingerprint density at radius 1 is 1.23 bits per heavy atom. The van der Waals surface area contributed by atoms with E-state index in [0.717, 1.165) is 10.4 Å². The van der Waals surface area contributed by atoms with Gasteiger partial charge in [0.15, 0.2) is 0 Å². The number of nitrogens with one attached hydrogen (secondary N) is 2. The molecule has 0 saturated carbocycles. The fraction of sp³-hybridized carbons (Fsp3) is 0.312. The molecule has 0 aliphatic rings. The smallest absolute Gasteiger partial charge is 0.315 e. The lowest BCUT2D eigenvalue weighted by Gasteiger charge is -2.15. The molecule has 1 unspecified atom stereocenters. The molecule has 0 radical (unpaired) electrons. The summed E-state index contributed by atoms with van der Waals surface area (Å²) in [6, 6.07) is 9.78. The third-order valence-corrected chi connectivity index (χ3v) is 4.27. The summed E-state index contributed by atoms with van der Waals surface area (Å²) in [5.41, 5.74) is 0.841. The first-order chi connectivity index (χ1) is 10.6. The molecule has 118 valence electrons. The van der Waals surface area contributed by atoms with Crippen molar-refractivity contribution in [2.24, 2.45) is 0 Å². The highest BCUT2D eigenvalue weighted by molar-refractivity contribution is 7.12. The van der Waals surface area contributed by atoms with Crippen LogP contribution in [0, 0.1) is 12.7 Å². The van der Waals surface area contributed by atoms with Crippen LogP contribution in [0.4, 0.5) is 9.18 Å². The summed E-state index contributed by atoms with van der Waals surface area (Å²) in [7, 11) is 1.62. The van der Waals surface area contributed by atoms with Crippen molar-refractivity contribution in [2.75, 3.05) is 13.7 Å². The number of benzene rings is 1. The highest BCUT2D eigenvalue weighted by atomic mass is 32.1. The number of amides is 2. The van der Waals surface area contributed by atoms with Gasteiger partial charge in [-0.05, 0) is 36.8 Å². The van der Waals surface area contributed by atoms with Gasteiger partial charge in [-0.25, -0.2) is 9.18 Å². The van der Waals surface area contributed by atoms with Gasteiger partial charge in [0.1, 0.15) is 11.9 Å². The first kappa shape index (κ1) is 16.5. The molecule has 2 rings (SSSR count). The Hall–Kier alpha value is -1.92. The minimum Gasteiger partial charge on any atom is -0.374 e. The molecule has 1 atom stereocenters. The first-order valence-electron chi connectivity index (χ1n) is 6.93. The number of urea groups is 1. The zero-order valence-electron chi connectivity index (χ0n) is 12.6. The third kappa shape index (κ3) is 4.82. The molecule has 0 aliphatic carbocycles. The van der Waals surface area contributed by atoms with Gasteiger partial charge in [0.05, 0.1) is 6.54 Å². The molecule has 6 heteroatoms. The average molecular weight is 322 g/mol. The number of hydrogen-bond donors (Lipinski definition) is 2. The number of halogens is 1. The monoisotopic (exact) mass is 322 g/mol. The number of thiophene rings is 1. The minimum atomic E-state index is -0.289. The molecule has 2 aromatic rings. The highest BCUT2D eigenvalue weighted by Gasteiger charge is 2.13. The maximum atomic E-state index is 12.8. The predicted molar refractivity (Wildman–Crippen MR) is 85.4 cm³/mol. The fourth-order valence-corrected chi connectivity index (χ4v) is 2.91. The summed E-state index contributed by atoms with van der Waals surface area (Å²) in [5, 5.41) is 5.51. The van der Waals surface area contributed by atoms with Crippen LogP contribution in [0.25, 0.3) is 0 Å². The van der Waals surface area contributed by atoms with Gasteiger partial charge in [-0.2, -0.15) is 0 Å². The average Bonchev–Trinajstić information content (AvgIpc) is 2.94. The van der Waals surface area contributed by atoms with Crippen LogP contribution in [-0.4, -0.2) is 19.7 Å². The van der Waals surface area contributed by atoms with E-state index < -0.39 is 0 Å².